The van der Waals surface area contributed by atoms with E-state index in [0.717, 1.165) is 0 Å². The number of rotatable bonds is 3. The summed E-state index contributed by atoms with van der Waals surface area (Å²) in [7, 11) is 0. The normalized spacial score (nSPS) is 25.0. The quantitative estimate of drug-likeness (QED) is 0.890. The SMILES string of the molecule is Cl.[2H]C([2H])([2H])C(NC(C)C(O)c1cccc(Cl)c1)(C([2H])([2H])[2H])C([2H])([2H])[2H]. The highest BCUT2D eigenvalue weighted by molar-refractivity contribution is 6.30. The molecule has 2 atom stereocenters. The summed E-state index contributed by atoms with van der Waals surface area (Å²) in [5.74, 6) is 0. The van der Waals surface area contributed by atoms with E-state index < -0.39 is 38.2 Å². The summed E-state index contributed by atoms with van der Waals surface area (Å²) in [6.07, 6.45) is -1.37. The second-order valence-corrected chi connectivity index (χ2v) is 4.12. The minimum Gasteiger partial charge on any atom is -0.387 e. The van der Waals surface area contributed by atoms with Gasteiger partial charge in [0, 0.05) is 28.9 Å². The molecule has 0 bridgehead atoms. The average Bonchev–Trinajstić information content (AvgIpc) is 2.39. The van der Waals surface area contributed by atoms with Gasteiger partial charge in [-0.25, -0.2) is 0 Å². The van der Waals surface area contributed by atoms with Crippen LogP contribution in [0.5, 0.6) is 0 Å². The van der Waals surface area contributed by atoms with Crippen molar-refractivity contribution < 1.29 is 17.4 Å². The third-order valence-electron chi connectivity index (χ3n) is 2.11. The van der Waals surface area contributed by atoms with Crippen LogP contribution in [-0.4, -0.2) is 16.7 Å². The van der Waals surface area contributed by atoms with Crippen LogP contribution in [0.1, 0.15) is 51.5 Å². The zero-order valence-electron chi connectivity index (χ0n) is 18.2. The molecule has 2 nitrogen and oxygen atoms in total. The van der Waals surface area contributed by atoms with Gasteiger partial charge in [0.2, 0.25) is 0 Å². The molecule has 0 radical (unpaired) electrons. The van der Waals surface area contributed by atoms with Crippen molar-refractivity contribution in [3.8, 4) is 0 Å². The van der Waals surface area contributed by atoms with Crippen LogP contribution < -0.4 is 5.32 Å². The molecule has 0 fully saturated rings. The summed E-state index contributed by atoms with van der Waals surface area (Å²) >= 11 is 5.84. The largest absolute Gasteiger partial charge is 0.387 e. The Morgan fingerprint density at radius 3 is 2.59 bits per heavy atom. The Balaban J connectivity index is 0.00000625. The van der Waals surface area contributed by atoms with E-state index in [1.165, 1.54) is 19.1 Å². The number of benzene rings is 1. The fourth-order valence-corrected chi connectivity index (χ4v) is 1.60. The van der Waals surface area contributed by atoms with Gasteiger partial charge in [0.25, 0.3) is 0 Å². The number of hydrogen-bond donors (Lipinski definition) is 2. The van der Waals surface area contributed by atoms with E-state index >= 15 is 0 Å². The van der Waals surface area contributed by atoms with E-state index in [-0.39, 0.29) is 12.4 Å². The van der Waals surface area contributed by atoms with Crippen LogP contribution in [0.4, 0.5) is 0 Å². The molecule has 0 saturated carbocycles. The standard InChI is InChI=1S/C13H20ClNO.ClH/c1-9(15-13(2,3)4)12(16)10-6-5-7-11(14)8-10;/h5-9,12,15-16H,1-4H3;1H/i2D3,3D3,4D3;. The van der Waals surface area contributed by atoms with Gasteiger partial charge in [-0.1, -0.05) is 23.7 Å². The van der Waals surface area contributed by atoms with E-state index in [1.54, 1.807) is 12.1 Å². The molecule has 0 aliphatic heterocycles. The Morgan fingerprint density at radius 2 is 2.06 bits per heavy atom. The highest BCUT2D eigenvalue weighted by atomic mass is 35.5. The fraction of sp³-hybridized carbons (Fsp3) is 0.538. The molecule has 4 heteroatoms. The maximum absolute atomic E-state index is 10.4. The van der Waals surface area contributed by atoms with Crippen LogP contribution >= 0.6 is 24.0 Å². The lowest BCUT2D eigenvalue weighted by atomic mass is 10.00. The van der Waals surface area contributed by atoms with E-state index in [0.29, 0.717) is 10.6 Å². The maximum Gasteiger partial charge on any atom is 0.0940 e. The summed E-state index contributed by atoms with van der Waals surface area (Å²) in [4.78, 5) is 0. The van der Waals surface area contributed by atoms with Crippen molar-refractivity contribution in [1.29, 1.82) is 0 Å². The lowest BCUT2D eigenvalue weighted by Crippen LogP contribution is -2.44. The Morgan fingerprint density at radius 1 is 1.41 bits per heavy atom. The minimum atomic E-state index is -3.38. The van der Waals surface area contributed by atoms with Crippen molar-refractivity contribution >= 4 is 24.0 Å². The van der Waals surface area contributed by atoms with Crippen molar-refractivity contribution in [3.63, 3.8) is 0 Å². The fourth-order valence-electron chi connectivity index (χ4n) is 1.40. The zero-order chi connectivity index (χ0) is 19.8. The summed E-state index contributed by atoms with van der Waals surface area (Å²) in [5.41, 5.74) is -2.91. The van der Waals surface area contributed by atoms with Crippen molar-refractivity contribution in [3.05, 3.63) is 34.9 Å². The molecule has 0 saturated heterocycles. The molecule has 0 aromatic heterocycles. The van der Waals surface area contributed by atoms with Crippen LogP contribution in [0.25, 0.3) is 0 Å². The van der Waals surface area contributed by atoms with E-state index in [9.17, 15) is 5.11 Å². The van der Waals surface area contributed by atoms with Gasteiger partial charge in [0.15, 0.2) is 0 Å². The van der Waals surface area contributed by atoms with Crippen LogP contribution in [0.3, 0.4) is 0 Å². The summed E-state index contributed by atoms with van der Waals surface area (Å²) in [6.45, 7) is -8.84. The number of hydrogen-bond acceptors (Lipinski definition) is 2. The van der Waals surface area contributed by atoms with Crippen LogP contribution in [0.15, 0.2) is 24.3 Å². The van der Waals surface area contributed by atoms with Gasteiger partial charge in [0.1, 0.15) is 0 Å². The second kappa shape index (κ2) is 6.60. The molecule has 1 aromatic rings. The van der Waals surface area contributed by atoms with Gasteiger partial charge in [-0.05, 0) is 45.2 Å². The van der Waals surface area contributed by atoms with Crippen LogP contribution in [-0.2, 0) is 0 Å². The van der Waals surface area contributed by atoms with Crippen molar-refractivity contribution in [2.24, 2.45) is 0 Å². The number of aliphatic hydroxyl groups excluding tert-OH is 1. The molecule has 1 aromatic carbocycles. The summed E-state index contributed by atoms with van der Waals surface area (Å²) in [5, 5.41) is 12.9. The monoisotopic (exact) mass is 286 g/mol. The molecule has 2 unspecified atom stereocenters. The molecule has 17 heavy (non-hydrogen) atoms. The molecule has 98 valence electrons. The summed E-state index contributed by atoms with van der Waals surface area (Å²) < 4.78 is 68.1. The third kappa shape index (κ3) is 5.73. The van der Waals surface area contributed by atoms with Crippen molar-refractivity contribution in [2.75, 3.05) is 0 Å². The molecule has 2 N–H and O–H groups in total. The first-order chi connectivity index (χ1) is 11.0. The lowest BCUT2D eigenvalue weighted by Gasteiger charge is -2.29. The Labute approximate surface area is 127 Å². The Kier molecular flexibility index (Phi) is 2.62. The smallest absolute Gasteiger partial charge is 0.0940 e. The number of aliphatic hydroxyl groups is 1. The first-order valence-electron chi connectivity index (χ1n) is 9.26. The van der Waals surface area contributed by atoms with Crippen molar-refractivity contribution in [2.45, 2.75) is 45.2 Å². The molecule has 0 aliphatic rings. The first kappa shape index (κ1) is 6.76. The van der Waals surface area contributed by atoms with Crippen molar-refractivity contribution in [1.82, 2.24) is 5.32 Å². The van der Waals surface area contributed by atoms with Gasteiger partial charge >= 0.3 is 0 Å². The second-order valence-electron chi connectivity index (χ2n) is 3.68. The van der Waals surface area contributed by atoms with Crippen LogP contribution in [0, 0.1) is 0 Å². The molecule has 0 spiro atoms. The Hall–Kier alpha value is -0.280. The molecular weight excluding hydrogens is 257 g/mol. The van der Waals surface area contributed by atoms with E-state index in [1.807, 2.05) is 0 Å². The maximum atomic E-state index is 10.4. The highest BCUT2D eigenvalue weighted by Crippen LogP contribution is 2.21. The number of halogens is 2. The van der Waals surface area contributed by atoms with Gasteiger partial charge in [-0.15, -0.1) is 12.4 Å². The van der Waals surface area contributed by atoms with Gasteiger partial charge in [-0.2, -0.15) is 0 Å². The molecular formula is C13H21Cl2NO. The third-order valence-corrected chi connectivity index (χ3v) is 2.34. The van der Waals surface area contributed by atoms with Gasteiger partial charge in [0.05, 0.1) is 6.10 Å². The summed E-state index contributed by atoms with van der Waals surface area (Å²) in [6, 6.07) is 4.86. The molecule has 0 amide bonds. The van der Waals surface area contributed by atoms with Gasteiger partial charge < -0.3 is 10.4 Å². The minimum absolute atomic E-state index is 0. The van der Waals surface area contributed by atoms with Gasteiger partial charge in [-0.3, -0.25) is 0 Å². The van der Waals surface area contributed by atoms with E-state index in [4.69, 9.17) is 23.9 Å². The predicted molar refractivity (Wildman–Crippen MR) is 76.0 cm³/mol. The molecule has 0 aliphatic carbocycles. The first-order valence-corrected chi connectivity index (χ1v) is 5.13. The van der Waals surface area contributed by atoms with Crippen LogP contribution in [0.2, 0.25) is 5.02 Å². The van der Waals surface area contributed by atoms with E-state index in [2.05, 4.69) is 5.32 Å². The molecule has 1 rings (SSSR count). The highest BCUT2D eigenvalue weighted by Gasteiger charge is 2.21. The molecule has 0 heterocycles. The predicted octanol–water partition coefficient (Wildman–Crippen LogP) is 3.57. The lowest BCUT2D eigenvalue weighted by molar-refractivity contribution is 0.121. The average molecular weight is 287 g/mol. The Bertz CT molecular complexity index is 564. The zero-order valence-corrected chi connectivity index (χ0v) is 10.8. The number of nitrogens with one attached hydrogen (secondary N) is 1. The topological polar surface area (TPSA) is 32.3 Å².